The van der Waals surface area contributed by atoms with E-state index < -0.39 is 28.7 Å². The largest absolute Gasteiger partial charge is 0.481 e. The molecule has 0 aromatic heterocycles. The van der Waals surface area contributed by atoms with Crippen LogP contribution in [0.15, 0.2) is 0 Å². The second-order valence-corrected chi connectivity index (χ2v) is 8.30. The number of carbonyl (C=O) groups is 2. The molecule has 2 atom stereocenters. The molecule has 0 aromatic carbocycles. The molecule has 3 heterocycles. The number of hydrogen-bond acceptors (Lipinski definition) is 5. The van der Waals surface area contributed by atoms with Crippen molar-refractivity contribution in [2.75, 3.05) is 13.1 Å². The van der Waals surface area contributed by atoms with Gasteiger partial charge in [0.1, 0.15) is 11.0 Å². The molecule has 130 valence electrons. The number of carboxylic acids is 1. The lowest BCUT2D eigenvalue weighted by Crippen LogP contribution is -2.74. The van der Waals surface area contributed by atoms with Crippen molar-refractivity contribution in [1.82, 2.24) is 10.2 Å². The Labute approximate surface area is 136 Å². The van der Waals surface area contributed by atoms with Gasteiger partial charge in [0.15, 0.2) is 0 Å². The fourth-order valence-corrected chi connectivity index (χ4v) is 4.20. The van der Waals surface area contributed by atoms with E-state index in [1.54, 1.807) is 20.8 Å². The van der Waals surface area contributed by atoms with Crippen LogP contribution >= 0.6 is 0 Å². The average molecular weight is 326 g/mol. The van der Waals surface area contributed by atoms with Crippen LogP contribution in [0.2, 0.25) is 0 Å². The van der Waals surface area contributed by atoms with Crippen molar-refractivity contribution in [2.45, 2.75) is 69.7 Å². The summed E-state index contributed by atoms with van der Waals surface area (Å²) in [6.45, 7) is 5.33. The normalized spacial score (nSPS) is 35.6. The van der Waals surface area contributed by atoms with Gasteiger partial charge in [0.05, 0.1) is 5.60 Å². The molecule has 0 aromatic rings. The first-order chi connectivity index (χ1) is 10.5. The Morgan fingerprint density at radius 2 is 1.70 bits per heavy atom. The summed E-state index contributed by atoms with van der Waals surface area (Å²) in [6, 6.07) is 0.344. The van der Waals surface area contributed by atoms with Crippen LogP contribution in [-0.4, -0.2) is 63.6 Å². The number of fused-ring (bicyclic) bond motifs is 2. The molecule has 2 unspecified atom stereocenters. The third-order valence-corrected chi connectivity index (χ3v) is 5.38. The van der Waals surface area contributed by atoms with Crippen LogP contribution < -0.4 is 5.32 Å². The van der Waals surface area contributed by atoms with Gasteiger partial charge in [-0.15, -0.1) is 0 Å². The van der Waals surface area contributed by atoms with Crippen molar-refractivity contribution in [1.29, 1.82) is 0 Å². The van der Waals surface area contributed by atoms with E-state index in [0.29, 0.717) is 12.8 Å². The third kappa shape index (κ3) is 2.70. The summed E-state index contributed by atoms with van der Waals surface area (Å²) in [5, 5.41) is 24.3. The minimum absolute atomic E-state index is 0.00713. The monoisotopic (exact) mass is 326 g/mol. The maximum absolute atomic E-state index is 12.1. The van der Waals surface area contributed by atoms with Gasteiger partial charge < -0.3 is 25.2 Å². The van der Waals surface area contributed by atoms with E-state index in [1.165, 1.54) is 4.90 Å². The van der Waals surface area contributed by atoms with E-state index in [1.807, 2.05) is 0 Å². The minimum atomic E-state index is -1.28. The Morgan fingerprint density at radius 3 is 2.13 bits per heavy atom. The number of nitrogens with one attached hydrogen (secondary N) is 1. The fourth-order valence-electron chi connectivity index (χ4n) is 4.20. The van der Waals surface area contributed by atoms with Crippen LogP contribution in [-0.2, 0) is 9.53 Å². The molecule has 7 nitrogen and oxygen atoms in total. The number of carboxylic acid groups (broad SMARTS) is 1. The van der Waals surface area contributed by atoms with E-state index in [9.17, 15) is 19.8 Å². The van der Waals surface area contributed by atoms with Crippen molar-refractivity contribution in [2.24, 2.45) is 5.41 Å². The highest BCUT2D eigenvalue weighted by Crippen LogP contribution is 2.50. The lowest BCUT2D eigenvalue weighted by molar-refractivity contribution is -0.203. The Hall–Kier alpha value is -1.34. The molecule has 2 bridgehead atoms. The van der Waals surface area contributed by atoms with Crippen LogP contribution in [0.3, 0.4) is 0 Å². The predicted octanol–water partition coefficient (Wildman–Crippen LogP) is 0.954. The lowest BCUT2D eigenvalue weighted by Gasteiger charge is -2.57. The highest BCUT2D eigenvalue weighted by Gasteiger charge is 2.66. The molecule has 0 saturated carbocycles. The molecule has 1 amide bonds. The van der Waals surface area contributed by atoms with E-state index in [4.69, 9.17) is 4.74 Å². The summed E-state index contributed by atoms with van der Waals surface area (Å²) in [5.41, 5.74) is -3.18. The first-order valence-corrected chi connectivity index (χ1v) is 8.24. The number of nitrogens with zero attached hydrogens (tertiary/aromatic N) is 1. The zero-order valence-electron chi connectivity index (χ0n) is 14.0. The van der Waals surface area contributed by atoms with Crippen LogP contribution in [0.25, 0.3) is 0 Å². The zero-order valence-corrected chi connectivity index (χ0v) is 14.0. The Kier molecular flexibility index (Phi) is 3.65. The quantitative estimate of drug-likeness (QED) is 0.699. The van der Waals surface area contributed by atoms with Crippen molar-refractivity contribution >= 4 is 12.1 Å². The molecule has 3 fully saturated rings. The summed E-state index contributed by atoms with van der Waals surface area (Å²) in [7, 11) is 0. The van der Waals surface area contributed by atoms with Crippen molar-refractivity contribution < 1.29 is 24.5 Å². The van der Waals surface area contributed by atoms with Gasteiger partial charge in [-0.2, -0.15) is 0 Å². The number of carbonyl (C=O) groups excluding carboxylic acids is 1. The predicted molar refractivity (Wildman–Crippen MR) is 82.0 cm³/mol. The van der Waals surface area contributed by atoms with Crippen molar-refractivity contribution in [3.8, 4) is 0 Å². The van der Waals surface area contributed by atoms with E-state index in [2.05, 4.69) is 5.32 Å². The molecule has 0 spiro atoms. The number of piperidine rings is 1. The molecular formula is C16H26N2O5. The Balaban J connectivity index is 1.74. The molecule has 3 N–H and O–H groups in total. The number of likely N-dealkylation sites (tertiary alicyclic amines) is 1. The molecule has 3 aliphatic heterocycles. The summed E-state index contributed by atoms with van der Waals surface area (Å²) in [4.78, 5) is 25.4. The highest BCUT2D eigenvalue weighted by atomic mass is 16.6. The SMILES string of the molecule is CC(C)(C)OC(=O)N1CC(C(=O)O)(C2(O)CC3CCC(C2)N3)C1. The molecule has 7 heteroatoms. The number of hydrogen-bond donors (Lipinski definition) is 3. The number of aliphatic hydroxyl groups is 1. The van der Waals surface area contributed by atoms with Crippen LogP contribution in [0, 0.1) is 5.41 Å². The van der Waals surface area contributed by atoms with Gasteiger partial charge in [0.25, 0.3) is 0 Å². The molecule has 23 heavy (non-hydrogen) atoms. The van der Waals surface area contributed by atoms with Crippen molar-refractivity contribution in [3.63, 3.8) is 0 Å². The van der Waals surface area contributed by atoms with Crippen LogP contribution in [0.4, 0.5) is 4.79 Å². The third-order valence-electron chi connectivity index (χ3n) is 5.38. The average Bonchev–Trinajstić information content (AvgIpc) is 2.64. The summed E-state index contributed by atoms with van der Waals surface area (Å²) in [5.74, 6) is -1.03. The molecule has 0 aliphatic carbocycles. The highest BCUT2D eigenvalue weighted by molar-refractivity contribution is 5.82. The van der Waals surface area contributed by atoms with Gasteiger partial charge in [-0.05, 0) is 46.5 Å². The van der Waals surface area contributed by atoms with Gasteiger partial charge in [-0.25, -0.2) is 4.79 Å². The topological polar surface area (TPSA) is 99.1 Å². The molecule has 3 rings (SSSR count). The first kappa shape index (κ1) is 16.5. The Bertz CT molecular complexity index is 509. The second-order valence-electron chi connectivity index (χ2n) is 8.30. The number of amides is 1. The van der Waals surface area contributed by atoms with E-state index in [-0.39, 0.29) is 25.2 Å². The number of aliphatic carboxylic acids is 1. The van der Waals surface area contributed by atoms with Crippen LogP contribution in [0.5, 0.6) is 0 Å². The molecular weight excluding hydrogens is 300 g/mol. The van der Waals surface area contributed by atoms with Crippen molar-refractivity contribution in [3.05, 3.63) is 0 Å². The molecule has 3 saturated heterocycles. The molecule has 3 aliphatic rings. The Morgan fingerprint density at radius 1 is 1.17 bits per heavy atom. The molecule has 0 radical (unpaired) electrons. The number of rotatable bonds is 2. The van der Waals surface area contributed by atoms with E-state index in [0.717, 1.165) is 12.8 Å². The van der Waals surface area contributed by atoms with Gasteiger partial charge >= 0.3 is 12.1 Å². The van der Waals surface area contributed by atoms with Crippen LogP contribution in [0.1, 0.15) is 46.5 Å². The first-order valence-electron chi connectivity index (χ1n) is 8.24. The lowest BCUT2D eigenvalue weighted by atomic mass is 9.61. The maximum atomic E-state index is 12.1. The summed E-state index contributed by atoms with van der Waals surface area (Å²) < 4.78 is 5.29. The number of ether oxygens (including phenoxy) is 1. The summed E-state index contributed by atoms with van der Waals surface area (Å²) in [6.07, 6.45) is 2.28. The standard InChI is InChI=1S/C16H26N2O5/c1-14(2,3)23-13(21)18-8-15(9-18,12(19)20)16(22)6-10-4-5-11(7-16)17-10/h10-11,17,22H,4-9H2,1-3H3,(H,19,20). The van der Waals surface area contributed by atoms with Gasteiger partial charge in [0.2, 0.25) is 0 Å². The second kappa shape index (κ2) is 5.08. The smallest absolute Gasteiger partial charge is 0.410 e. The zero-order chi connectivity index (χ0) is 17.0. The van der Waals surface area contributed by atoms with Gasteiger partial charge in [0, 0.05) is 25.2 Å². The minimum Gasteiger partial charge on any atom is -0.481 e. The maximum Gasteiger partial charge on any atom is 0.410 e. The van der Waals surface area contributed by atoms with E-state index >= 15 is 0 Å². The van der Waals surface area contributed by atoms with Gasteiger partial charge in [-0.1, -0.05) is 0 Å². The summed E-state index contributed by atoms with van der Waals surface area (Å²) >= 11 is 0. The fraction of sp³-hybridized carbons (Fsp3) is 0.875. The van der Waals surface area contributed by atoms with Gasteiger partial charge in [-0.3, -0.25) is 4.79 Å².